The summed E-state index contributed by atoms with van der Waals surface area (Å²) < 4.78 is 0. The van der Waals surface area contributed by atoms with Gasteiger partial charge in [0, 0.05) is 81.6 Å². The van der Waals surface area contributed by atoms with Crippen LogP contribution in [0.5, 0.6) is 0 Å². The molecule has 0 unspecified atom stereocenters. The monoisotopic (exact) mass is 1130 g/mol. The van der Waals surface area contributed by atoms with E-state index in [-0.39, 0.29) is 44.9 Å². The van der Waals surface area contributed by atoms with E-state index in [2.05, 4.69) is 72.0 Å². The molecular formula is C46H66Cl2K6N8O6. The van der Waals surface area contributed by atoms with Gasteiger partial charge in [0.25, 0.3) is 0 Å². The van der Waals surface area contributed by atoms with Gasteiger partial charge in [0.05, 0.1) is 28.9 Å². The first-order chi connectivity index (χ1) is 31.4. The molecule has 4 heterocycles. The van der Waals surface area contributed by atoms with Crippen molar-refractivity contribution in [1.29, 1.82) is 0 Å². The minimum absolute atomic E-state index is 0. The number of urea groups is 1. The summed E-state index contributed by atoms with van der Waals surface area (Å²) in [5.41, 5.74) is 5.11. The molecule has 2 aromatic carbocycles. The van der Waals surface area contributed by atoms with Crippen LogP contribution in [0.3, 0.4) is 0 Å². The van der Waals surface area contributed by atoms with Crippen LogP contribution in [-0.2, 0) is 15.6 Å². The molecule has 22 heteroatoms. The first-order valence-corrected chi connectivity index (χ1v) is 71.6. The summed E-state index contributed by atoms with van der Waals surface area (Å²) >= 11 is 20.0. The molecule has 0 bridgehead atoms. The van der Waals surface area contributed by atoms with Crippen LogP contribution in [0.25, 0.3) is 0 Å². The van der Waals surface area contributed by atoms with Gasteiger partial charge in [-0.2, -0.15) is 4.99 Å². The summed E-state index contributed by atoms with van der Waals surface area (Å²) in [6, 6.07) is 18.7. The van der Waals surface area contributed by atoms with Gasteiger partial charge in [-0.1, -0.05) is 104 Å². The standard InChI is InChI=1S/C22H29ClN4O3.C11H16ClN3O2.C11H13NO.2CH4.6K/c1-22(2,3)16-4-6-17(7-5-16)25-21(30)27-10-8-26(9-11-27)20-18(23)12-15(13-24-20)19(29)14-28;12-9-5-8(10(17)7-16)6-14-11(9)15-3-1-13-2-4-15;1-11(2,3)9-4-6-10(7-5-9)12-8-13;;;;;;;;/h4-7,12-13,19,28-29H,8-11,14H2,1-3H3,(H,25,30);5-6,10,13,16-17H,1-4,7H2;4-7H,1-3H3;2*1H4;;;;;;/t19-;10-;;;;;;;;;/m11........./s1. The summed E-state index contributed by atoms with van der Waals surface area (Å²) in [5, 5.41) is 44.3. The van der Waals surface area contributed by atoms with Crippen LogP contribution in [0.1, 0.15) is 90.9 Å². The number of amides is 2. The Bertz CT molecular complexity index is 2050. The van der Waals surface area contributed by atoms with Gasteiger partial charge in [-0.25, -0.2) is 19.6 Å². The third kappa shape index (κ3) is 27.9. The van der Waals surface area contributed by atoms with E-state index in [1.165, 1.54) is 213 Å². The number of isocyanates is 1. The van der Waals surface area contributed by atoms with Gasteiger partial charge < -0.3 is 45.8 Å². The average molecular weight is 1130 g/mol. The van der Waals surface area contributed by atoms with E-state index in [1.54, 1.807) is 23.2 Å². The van der Waals surface area contributed by atoms with Crippen molar-refractivity contribution >= 4 is 248 Å². The molecule has 6 rings (SSSR count). The van der Waals surface area contributed by atoms with Crippen LogP contribution in [0.2, 0.25) is 10.0 Å². The predicted octanol–water partition coefficient (Wildman–Crippen LogP) is 5.52. The molecule has 2 amide bonds. The molecule has 2 atom stereocenters. The number of nitrogens with one attached hydrogen (secondary N) is 2. The number of hydrogen-bond acceptors (Lipinski definition) is 12. The zero-order valence-corrected chi connectivity index (χ0v) is 61.4. The molecule has 0 aliphatic carbocycles. The molecule has 0 spiro atoms. The van der Waals surface area contributed by atoms with Crippen molar-refractivity contribution in [1.82, 2.24) is 20.2 Å². The van der Waals surface area contributed by atoms with Crippen LogP contribution < -0.4 is 20.4 Å². The number of rotatable bonds is 8. The zero-order valence-electron chi connectivity index (χ0n) is 41.2. The van der Waals surface area contributed by atoms with Crippen LogP contribution >= 0.6 is 23.2 Å². The molecule has 68 heavy (non-hydrogen) atoms. The Hall–Kier alpha value is 5.19. The van der Waals surface area contributed by atoms with E-state index >= 15 is 0 Å². The topological polar surface area (TPSA) is 187 Å². The second-order valence-corrected chi connectivity index (χ2v) is 17.3. The van der Waals surface area contributed by atoms with Gasteiger partial charge in [-0.3, -0.25) is 0 Å². The second kappa shape index (κ2) is 42.1. The Morgan fingerprint density at radius 2 is 1.09 bits per heavy atom. The van der Waals surface area contributed by atoms with Crippen LogP contribution in [0.15, 0.2) is 78.0 Å². The van der Waals surface area contributed by atoms with Crippen molar-refractivity contribution in [2.24, 2.45) is 4.99 Å². The van der Waals surface area contributed by atoms with Crippen molar-refractivity contribution < 1.29 is 30.0 Å². The molecule has 0 radical (unpaired) electrons. The molecule has 2 aliphatic rings. The van der Waals surface area contributed by atoms with Gasteiger partial charge in [-0.05, 0) is 58.4 Å². The molecule has 346 valence electrons. The molecule has 0 saturated carbocycles. The number of hydrogen-bond donors (Lipinski definition) is 6. The van der Waals surface area contributed by atoms with E-state index < -0.39 is 12.2 Å². The molecule has 14 nitrogen and oxygen atoms in total. The van der Waals surface area contributed by atoms with E-state index in [9.17, 15) is 19.8 Å². The van der Waals surface area contributed by atoms with Crippen molar-refractivity contribution in [3.05, 3.63) is 105 Å². The van der Waals surface area contributed by atoms with E-state index in [4.69, 9.17) is 33.4 Å². The number of pyridine rings is 2. The quantitative estimate of drug-likeness (QED) is 0.0742. The van der Waals surface area contributed by atoms with Crippen LogP contribution in [-0.4, -0.2) is 302 Å². The molecule has 2 saturated heterocycles. The first kappa shape index (κ1) is 75.3. The summed E-state index contributed by atoms with van der Waals surface area (Å²) in [4.78, 5) is 40.6. The molecule has 2 aromatic heterocycles. The second-order valence-electron chi connectivity index (χ2n) is 16.5. The van der Waals surface area contributed by atoms with Crippen molar-refractivity contribution in [3.63, 3.8) is 0 Å². The summed E-state index contributed by atoms with van der Waals surface area (Å²) in [6.07, 6.45) is 2.68. The van der Waals surface area contributed by atoms with Crippen molar-refractivity contribution in [2.75, 3.05) is 80.7 Å². The number of benzene rings is 2. The first-order valence-electron chi connectivity index (χ1n) is 22.9. The van der Waals surface area contributed by atoms with E-state index in [1.807, 2.05) is 53.4 Å². The molecule has 4 aromatic rings. The Kier molecular flexibility index (Phi) is 46.6. The number of carbonyl (C=O) groups excluding carboxylic acids is 2. The Labute approximate surface area is 552 Å². The summed E-state index contributed by atoms with van der Waals surface area (Å²) in [7, 11) is 0. The normalized spacial score (nSPS) is 13.9. The van der Waals surface area contributed by atoms with Crippen LogP contribution in [0.4, 0.5) is 27.8 Å². The zero-order chi connectivity index (χ0) is 50.0. The number of anilines is 3. The van der Waals surface area contributed by atoms with Crippen molar-refractivity contribution in [2.45, 2.75) is 79.4 Å². The summed E-state index contributed by atoms with van der Waals surface area (Å²) in [5.74, 6) is 1.35. The van der Waals surface area contributed by atoms with Crippen molar-refractivity contribution in [3.8, 4) is 0 Å². The van der Waals surface area contributed by atoms with E-state index in [0.29, 0.717) is 58.9 Å². The third-order valence-electron chi connectivity index (χ3n) is 9.99. The minimum atomic E-state index is -0.998. The summed E-state index contributed by atoms with van der Waals surface area (Å²) in [6.45, 7) is 18.1. The fraction of sp³-hybridized carbons (Fsp3) is 0.478. The third-order valence-corrected chi connectivity index (χ3v) is 10.6. The number of aliphatic imine (C=N–C) groups is 1. The van der Waals surface area contributed by atoms with Gasteiger partial charge >= 0.3 is 195 Å². The Balaban J connectivity index is 0. The average Bonchev–Trinajstić information content (AvgIpc) is 3.33. The van der Waals surface area contributed by atoms with Gasteiger partial charge in [0.2, 0.25) is 6.08 Å². The number of carbonyl (C=O) groups is 1. The fourth-order valence-corrected chi connectivity index (χ4v) is 6.86. The predicted molar refractivity (Wildman–Crippen MR) is 287 cm³/mol. The SMILES string of the molecule is C.C.CC(C)(C)c1ccc(N=C=O)cc1.CC(C)(C)c1ccc(NC(=O)N2CCN(c3ncc([C@H](O)CO)cc3Cl)CC2)cc1.OC[C@@H](O)c1cnc(N2CCNCC2)c(Cl)c1.[K][K].[K][K].[K][K]. The number of piperazine rings is 2. The van der Waals surface area contributed by atoms with Crippen LogP contribution in [0, 0.1) is 0 Å². The Morgan fingerprint density at radius 3 is 1.44 bits per heavy atom. The molecule has 2 fully saturated rings. The number of aromatic nitrogens is 2. The maximum absolute atomic E-state index is 12.6. The fourth-order valence-electron chi connectivity index (χ4n) is 6.27. The number of halogens is 2. The number of aliphatic hydroxyl groups is 4. The van der Waals surface area contributed by atoms with Gasteiger partial charge in [-0.15, -0.1) is 0 Å². The number of aliphatic hydroxyl groups excluding tert-OH is 4. The number of nitrogens with zero attached hydrogens (tertiary/aromatic N) is 6. The van der Waals surface area contributed by atoms with Gasteiger partial charge in [0.15, 0.2) is 0 Å². The molecule has 6 N–H and O–H groups in total. The van der Waals surface area contributed by atoms with Gasteiger partial charge in [0.1, 0.15) is 23.8 Å². The molecule has 2 aliphatic heterocycles. The van der Waals surface area contributed by atoms with E-state index in [0.717, 1.165) is 37.7 Å². The molecular weight excluding hydrogens is 1070 g/mol. The maximum atomic E-state index is 12.6. The Morgan fingerprint density at radius 1 is 0.706 bits per heavy atom.